The number of nitrogens with zero attached hydrogens (tertiary/aromatic N) is 2. The number of aryl methyl sites for hydroxylation is 1. The van der Waals surface area contributed by atoms with Crippen molar-refractivity contribution < 1.29 is 17.7 Å². The number of hydrogen-bond donors (Lipinski definition) is 1. The maximum absolute atomic E-state index is 12.1. The van der Waals surface area contributed by atoms with Crippen molar-refractivity contribution in [3.05, 3.63) is 21.6 Å². The first kappa shape index (κ1) is 13.9. The molecule has 10 heteroatoms. The number of isocyanates is 1. The van der Waals surface area contributed by atoms with E-state index in [2.05, 4.69) is 30.8 Å². The lowest BCUT2D eigenvalue weighted by Crippen LogP contribution is -2.12. The molecule has 2 aromatic heterocycles. The Kier molecular flexibility index (Phi) is 3.85. The number of nitrogens with one attached hydrogen (secondary N) is 1. The number of carbonyl (C=O) groups excluding carboxylic acids is 1. The summed E-state index contributed by atoms with van der Waals surface area (Å²) in [6.45, 7) is 1.65. The summed E-state index contributed by atoms with van der Waals surface area (Å²) in [5.41, 5.74) is 0.508. The summed E-state index contributed by atoms with van der Waals surface area (Å²) in [5, 5.41) is 5.16. The van der Waals surface area contributed by atoms with Crippen molar-refractivity contribution in [2.24, 2.45) is 4.99 Å². The van der Waals surface area contributed by atoms with Crippen LogP contribution < -0.4 is 4.72 Å². The number of rotatable bonds is 4. The quantitative estimate of drug-likeness (QED) is 0.664. The smallest absolute Gasteiger partial charge is 0.267 e. The molecule has 0 saturated heterocycles. The number of halogens is 1. The lowest BCUT2D eigenvalue weighted by atomic mass is 10.5. The maximum Gasteiger partial charge on any atom is 0.267 e. The fraction of sp³-hybridized carbons (Fsp3) is 0.111. The van der Waals surface area contributed by atoms with Crippen LogP contribution in [0.15, 0.2) is 30.3 Å². The molecule has 0 atom stereocenters. The molecule has 2 rings (SSSR count). The number of aliphatic imine (C=N–C) groups is 1. The Morgan fingerprint density at radius 3 is 2.89 bits per heavy atom. The van der Waals surface area contributed by atoms with Crippen molar-refractivity contribution in [3.63, 3.8) is 0 Å². The van der Waals surface area contributed by atoms with Crippen LogP contribution >= 0.6 is 27.3 Å². The van der Waals surface area contributed by atoms with E-state index >= 15 is 0 Å². The van der Waals surface area contributed by atoms with Crippen molar-refractivity contribution in [1.29, 1.82) is 0 Å². The second kappa shape index (κ2) is 5.25. The van der Waals surface area contributed by atoms with Gasteiger partial charge < -0.3 is 4.52 Å². The van der Waals surface area contributed by atoms with Crippen molar-refractivity contribution in [1.82, 2.24) is 5.16 Å². The molecule has 2 heterocycles. The number of aromatic nitrogens is 1. The predicted octanol–water partition coefficient (Wildman–Crippen LogP) is 2.58. The molecule has 1 N–H and O–H groups in total. The molecule has 2 aromatic rings. The monoisotopic (exact) mass is 363 g/mol. The van der Waals surface area contributed by atoms with Gasteiger partial charge in [0.15, 0.2) is 0 Å². The first-order valence-corrected chi connectivity index (χ1v) is 7.91. The van der Waals surface area contributed by atoms with Crippen LogP contribution in [-0.4, -0.2) is 19.7 Å². The van der Waals surface area contributed by atoms with Gasteiger partial charge in [0.2, 0.25) is 6.08 Å². The van der Waals surface area contributed by atoms with Gasteiger partial charge in [0, 0.05) is 0 Å². The molecule has 7 nitrogen and oxygen atoms in total. The van der Waals surface area contributed by atoms with Gasteiger partial charge in [0.05, 0.1) is 5.69 Å². The van der Waals surface area contributed by atoms with Crippen LogP contribution in [-0.2, 0) is 14.8 Å². The summed E-state index contributed by atoms with van der Waals surface area (Å²) in [6, 6.07) is 1.33. The van der Waals surface area contributed by atoms with Crippen LogP contribution in [0.3, 0.4) is 0 Å². The molecule has 0 radical (unpaired) electrons. The standard InChI is InChI=1S/C9H6BrN3O4S2/c1-5-7(10)8(17-12-5)13-19(15,16)6-2-3-18-9(6)11-4-14/h2-3,13H,1H3. The highest BCUT2D eigenvalue weighted by Crippen LogP contribution is 2.33. The Morgan fingerprint density at radius 1 is 1.58 bits per heavy atom. The highest BCUT2D eigenvalue weighted by atomic mass is 79.9. The molecule has 100 valence electrons. The molecular formula is C9H6BrN3O4S2. The van der Waals surface area contributed by atoms with Crippen LogP contribution in [0.2, 0.25) is 0 Å². The third-order valence-corrected chi connectivity index (χ3v) is 5.30. The Morgan fingerprint density at radius 2 is 2.32 bits per heavy atom. The van der Waals surface area contributed by atoms with E-state index < -0.39 is 10.0 Å². The van der Waals surface area contributed by atoms with Gasteiger partial charge in [-0.2, -0.15) is 4.99 Å². The van der Waals surface area contributed by atoms with Crippen molar-refractivity contribution in [2.45, 2.75) is 11.8 Å². The Hall–Kier alpha value is -1.48. The SMILES string of the molecule is Cc1noc(NS(=O)(=O)c2ccsc2N=C=O)c1Br. The normalized spacial score (nSPS) is 11.1. The number of hydrogen-bond acceptors (Lipinski definition) is 7. The molecule has 0 spiro atoms. The molecule has 0 aliphatic heterocycles. The molecular weight excluding hydrogens is 358 g/mol. The molecule has 0 fully saturated rings. The predicted molar refractivity (Wildman–Crippen MR) is 71.8 cm³/mol. The minimum absolute atomic E-state index is 0.0373. The van der Waals surface area contributed by atoms with Gasteiger partial charge in [-0.25, -0.2) is 17.9 Å². The average molecular weight is 364 g/mol. The summed E-state index contributed by atoms with van der Waals surface area (Å²) >= 11 is 4.16. The summed E-state index contributed by atoms with van der Waals surface area (Å²) in [7, 11) is -3.91. The van der Waals surface area contributed by atoms with Crippen LogP contribution in [0.1, 0.15) is 5.69 Å². The third-order valence-electron chi connectivity index (χ3n) is 2.06. The second-order valence-electron chi connectivity index (χ2n) is 3.31. The summed E-state index contributed by atoms with van der Waals surface area (Å²) in [4.78, 5) is 13.4. The Bertz CT molecular complexity index is 758. The number of anilines is 1. The molecule has 19 heavy (non-hydrogen) atoms. The minimum atomic E-state index is -3.91. The number of sulfonamides is 1. The highest BCUT2D eigenvalue weighted by molar-refractivity contribution is 9.10. The van der Waals surface area contributed by atoms with Gasteiger partial charge in [-0.15, -0.1) is 11.3 Å². The van der Waals surface area contributed by atoms with Gasteiger partial charge in [-0.1, -0.05) is 5.16 Å². The zero-order chi connectivity index (χ0) is 14.0. The third kappa shape index (κ3) is 2.76. The largest absolute Gasteiger partial charge is 0.336 e. The highest BCUT2D eigenvalue weighted by Gasteiger charge is 2.23. The van der Waals surface area contributed by atoms with E-state index in [9.17, 15) is 13.2 Å². The van der Waals surface area contributed by atoms with Gasteiger partial charge in [0.1, 0.15) is 14.4 Å². The maximum atomic E-state index is 12.1. The van der Waals surface area contributed by atoms with E-state index in [1.54, 1.807) is 6.92 Å². The van der Waals surface area contributed by atoms with Gasteiger partial charge in [0.25, 0.3) is 15.9 Å². The van der Waals surface area contributed by atoms with E-state index in [-0.39, 0.29) is 15.8 Å². The fourth-order valence-corrected chi connectivity index (χ4v) is 3.77. The zero-order valence-corrected chi connectivity index (χ0v) is 12.6. The van der Waals surface area contributed by atoms with Crippen LogP contribution in [0, 0.1) is 6.92 Å². The van der Waals surface area contributed by atoms with E-state index in [0.717, 1.165) is 11.3 Å². The van der Waals surface area contributed by atoms with Gasteiger partial charge in [-0.05, 0) is 34.3 Å². The lowest BCUT2D eigenvalue weighted by Gasteiger charge is -2.03. The van der Waals surface area contributed by atoms with E-state index in [1.165, 1.54) is 17.5 Å². The lowest BCUT2D eigenvalue weighted by molar-refractivity contribution is 0.430. The molecule has 0 aliphatic rings. The van der Waals surface area contributed by atoms with E-state index in [4.69, 9.17) is 4.52 Å². The second-order valence-corrected chi connectivity index (χ2v) is 6.65. The Balaban J connectivity index is 2.40. The summed E-state index contributed by atoms with van der Waals surface area (Å²) < 4.78 is 31.7. The van der Waals surface area contributed by atoms with E-state index in [1.807, 2.05) is 0 Å². The zero-order valence-electron chi connectivity index (χ0n) is 9.38. The average Bonchev–Trinajstić information content (AvgIpc) is 2.92. The first-order valence-electron chi connectivity index (χ1n) is 4.75. The van der Waals surface area contributed by atoms with Crippen molar-refractivity contribution in [2.75, 3.05) is 4.72 Å². The van der Waals surface area contributed by atoms with Crippen LogP contribution in [0.5, 0.6) is 0 Å². The van der Waals surface area contributed by atoms with Crippen LogP contribution in [0.25, 0.3) is 0 Å². The molecule has 0 bridgehead atoms. The minimum Gasteiger partial charge on any atom is -0.336 e. The fourth-order valence-electron chi connectivity index (χ4n) is 1.22. The summed E-state index contributed by atoms with van der Waals surface area (Å²) in [6.07, 6.45) is 1.31. The first-order chi connectivity index (χ1) is 8.95. The van der Waals surface area contributed by atoms with Crippen LogP contribution in [0.4, 0.5) is 10.9 Å². The van der Waals surface area contributed by atoms with Gasteiger partial charge in [-0.3, -0.25) is 0 Å². The molecule has 0 amide bonds. The number of thiophene rings is 1. The van der Waals surface area contributed by atoms with Gasteiger partial charge >= 0.3 is 0 Å². The van der Waals surface area contributed by atoms with Crippen molar-refractivity contribution >= 4 is 54.3 Å². The Labute approximate surface area is 120 Å². The van der Waals surface area contributed by atoms with Crippen molar-refractivity contribution in [3.8, 4) is 0 Å². The van der Waals surface area contributed by atoms with E-state index in [0.29, 0.717) is 10.2 Å². The molecule has 0 aliphatic carbocycles. The molecule has 0 saturated carbocycles. The molecule has 0 aromatic carbocycles. The summed E-state index contributed by atoms with van der Waals surface area (Å²) in [5.74, 6) is -0.0373. The topological polar surface area (TPSA) is 102 Å². The molecule has 0 unspecified atom stereocenters.